The van der Waals surface area contributed by atoms with Gasteiger partial charge in [0.25, 0.3) is 0 Å². The molecule has 0 aliphatic carbocycles. The third-order valence-electron chi connectivity index (χ3n) is 1.50. The van der Waals surface area contributed by atoms with Gasteiger partial charge >= 0.3 is 11.9 Å². The molecule has 0 aromatic rings. The Hall–Kier alpha value is -1.58. The Labute approximate surface area is 82.6 Å². The van der Waals surface area contributed by atoms with E-state index in [9.17, 15) is 9.59 Å². The Morgan fingerprint density at radius 1 is 1.07 bits per heavy atom. The van der Waals surface area contributed by atoms with Gasteiger partial charge in [0, 0.05) is 12.5 Å². The summed E-state index contributed by atoms with van der Waals surface area (Å²) in [5, 5.41) is 16.6. The van der Waals surface area contributed by atoms with Gasteiger partial charge < -0.3 is 10.2 Å². The van der Waals surface area contributed by atoms with Gasteiger partial charge in [0.2, 0.25) is 0 Å². The van der Waals surface area contributed by atoms with Crippen LogP contribution in [-0.2, 0) is 9.59 Å². The number of unbranched alkanes of at least 4 members (excludes halogenated alkanes) is 2. The molecule has 0 saturated heterocycles. The van der Waals surface area contributed by atoms with Gasteiger partial charge in [0.05, 0.1) is 0 Å². The molecule has 0 aromatic heterocycles. The highest BCUT2D eigenvalue weighted by atomic mass is 16.4. The minimum absolute atomic E-state index is 0.193. The van der Waals surface area contributed by atoms with Crippen LogP contribution >= 0.6 is 0 Å². The third-order valence-corrected chi connectivity index (χ3v) is 1.50. The van der Waals surface area contributed by atoms with Crippen LogP contribution in [0.4, 0.5) is 0 Å². The minimum atomic E-state index is -0.972. The molecule has 0 amide bonds. The first-order valence-corrected chi connectivity index (χ1v) is 4.41. The lowest BCUT2D eigenvalue weighted by Crippen LogP contribution is -1.92. The second-order valence-corrected chi connectivity index (χ2v) is 2.77. The average Bonchev–Trinajstić information content (AvgIpc) is 2.08. The van der Waals surface area contributed by atoms with Gasteiger partial charge in [-0.1, -0.05) is 18.2 Å². The first kappa shape index (κ1) is 12.4. The normalized spacial score (nSPS) is 11.1. The predicted molar refractivity (Wildman–Crippen MR) is 52.0 cm³/mol. The largest absolute Gasteiger partial charge is 0.481 e. The molecule has 0 aliphatic heterocycles. The van der Waals surface area contributed by atoms with Crippen molar-refractivity contribution >= 4 is 11.9 Å². The van der Waals surface area contributed by atoms with E-state index < -0.39 is 11.9 Å². The van der Waals surface area contributed by atoms with Gasteiger partial charge in [0.1, 0.15) is 0 Å². The van der Waals surface area contributed by atoms with Crippen molar-refractivity contribution in [2.75, 3.05) is 0 Å². The second kappa shape index (κ2) is 8.04. The topological polar surface area (TPSA) is 74.6 Å². The molecule has 0 rings (SSSR count). The number of carboxylic acids is 2. The van der Waals surface area contributed by atoms with Gasteiger partial charge in [-0.25, -0.2) is 4.79 Å². The van der Waals surface area contributed by atoms with Gasteiger partial charge in [-0.15, -0.1) is 0 Å². The molecule has 0 radical (unpaired) electrons. The maximum Gasteiger partial charge on any atom is 0.328 e. The van der Waals surface area contributed by atoms with Gasteiger partial charge in [-0.3, -0.25) is 4.79 Å². The average molecular weight is 198 g/mol. The van der Waals surface area contributed by atoms with Crippen LogP contribution in [0.1, 0.15) is 25.7 Å². The van der Waals surface area contributed by atoms with Gasteiger partial charge in [0.15, 0.2) is 0 Å². The van der Waals surface area contributed by atoms with Crippen molar-refractivity contribution in [3.63, 3.8) is 0 Å². The van der Waals surface area contributed by atoms with E-state index in [1.165, 1.54) is 6.08 Å². The maximum absolute atomic E-state index is 10.1. The standard InChI is InChI=1S/C10H14O4/c11-9(12)7-5-3-1-2-4-6-8-10(13)14/h1,3,5,7H,2,4,6,8H2,(H,11,12)(H,13,14)/b3-1-,7-5+. The highest BCUT2D eigenvalue weighted by Crippen LogP contribution is 2.00. The first-order valence-electron chi connectivity index (χ1n) is 4.41. The molecule has 0 spiro atoms. The highest BCUT2D eigenvalue weighted by molar-refractivity contribution is 5.80. The van der Waals surface area contributed by atoms with Crippen LogP contribution < -0.4 is 0 Å². The van der Waals surface area contributed by atoms with Crippen molar-refractivity contribution in [2.45, 2.75) is 25.7 Å². The lowest BCUT2D eigenvalue weighted by Gasteiger charge is -1.91. The van der Waals surface area contributed by atoms with E-state index in [4.69, 9.17) is 10.2 Å². The Morgan fingerprint density at radius 2 is 1.79 bits per heavy atom. The number of hydrogen-bond donors (Lipinski definition) is 2. The summed E-state index contributed by atoms with van der Waals surface area (Å²) in [6.07, 6.45) is 8.39. The van der Waals surface area contributed by atoms with E-state index >= 15 is 0 Å². The van der Waals surface area contributed by atoms with E-state index in [0.717, 1.165) is 18.9 Å². The van der Waals surface area contributed by atoms with Gasteiger partial charge in [-0.2, -0.15) is 0 Å². The van der Waals surface area contributed by atoms with Crippen LogP contribution in [0, 0.1) is 0 Å². The molecular weight excluding hydrogens is 184 g/mol. The lowest BCUT2D eigenvalue weighted by atomic mass is 10.2. The zero-order valence-corrected chi connectivity index (χ0v) is 7.85. The summed E-state index contributed by atoms with van der Waals surface area (Å²) in [5.41, 5.74) is 0. The smallest absolute Gasteiger partial charge is 0.328 e. The lowest BCUT2D eigenvalue weighted by molar-refractivity contribution is -0.137. The summed E-state index contributed by atoms with van der Waals surface area (Å²) in [5.74, 6) is -1.75. The summed E-state index contributed by atoms with van der Waals surface area (Å²) in [6, 6.07) is 0. The quantitative estimate of drug-likeness (QED) is 0.372. The molecule has 14 heavy (non-hydrogen) atoms. The van der Waals surface area contributed by atoms with Crippen LogP contribution in [0.2, 0.25) is 0 Å². The van der Waals surface area contributed by atoms with Crippen LogP contribution in [0.15, 0.2) is 24.3 Å². The Kier molecular flexibility index (Phi) is 7.13. The molecule has 2 N–H and O–H groups in total. The third kappa shape index (κ3) is 10.4. The summed E-state index contributed by atoms with van der Waals surface area (Å²) in [7, 11) is 0. The molecule has 78 valence electrons. The van der Waals surface area contributed by atoms with Gasteiger partial charge in [-0.05, 0) is 19.3 Å². The Morgan fingerprint density at radius 3 is 2.36 bits per heavy atom. The van der Waals surface area contributed by atoms with Crippen molar-refractivity contribution in [1.29, 1.82) is 0 Å². The molecular formula is C10H14O4. The number of carbonyl (C=O) groups is 2. The van der Waals surface area contributed by atoms with Crippen LogP contribution in [0.25, 0.3) is 0 Å². The molecule has 0 aliphatic rings. The molecule has 0 aromatic carbocycles. The molecule has 0 fully saturated rings. The highest BCUT2D eigenvalue weighted by Gasteiger charge is 1.93. The molecule has 4 heteroatoms. The SMILES string of the molecule is O=C(O)/C=C/C=C\CCCCC(=O)O. The summed E-state index contributed by atoms with van der Waals surface area (Å²) < 4.78 is 0. The summed E-state index contributed by atoms with van der Waals surface area (Å²) in [6.45, 7) is 0. The van der Waals surface area contributed by atoms with Crippen LogP contribution in [0.3, 0.4) is 0 Å². The Balaban J connectivity index is 3.36. The Bertz CT molecular complexity index is 241. The van der Waals surface area contributed by atoms with E-state index in [2.05, 4.69) is 0 Å². The molecule has 0 heterocycles. The van der Waals surface area contributed by atoms with Crippen molar-refractivity contribution in [3.05, 3.63) is 24.3 Å². The minimum Gasteiger partial charge on any atom is -0.481 e. The monoisotopic (exact) mass is 198 g/mol. The first-order chi connectivity index (χ1) is 6.63. The summed E-state index contributed by atoms with van der Waals surface area (Å²) in [4.78, 5) is 20.1. The number of rotatable bonds is 7. The van der Waals surface area contributed by atoms with Crippen molar-refractivity contribution in [1.82, 2.24) is 0 Å². The van der Waals surface area contributed by atoms with Crippen LogP contribution in [-0.4, -0.2) is 22.2 Å². The number of aliphatic carboxylic acids is 2. The number of carboxylic acid groups (broad SMARTS) is 2. The molecule has 0 saturated carbocycles. The van der Waals surface area contributed by atoms with Crippen molar-refractivity contribution in [2.24, 2.45) is 0 Å². The maximum atomic E-state index is 10.1. The molecule has 4 nitrogen and oxygen atoms in total. The molecule has 0 atom stereocenters. The van der Waals surface area contributed by atoms with E-state index in [0.29, 0.717) is 6.42 Å². The fourth-order valence-corrected chi connectivity index (χ4v) is 0.851. The van der Waals surface area contributed by atoms with Crippen molar-refractivity contribution < 1.29 is 19.8 Å². The molecule has 0 bridgehead atoms. The fraction of sp³-hybridized carbons (Fsp3) is 0.400. The van der Waals surface area contributed by atoms with Crippen LogP contribution in [0.5, 0.6) is 0 Å². The zero-order valence-electron chi connectivity index (χ0n) is 7.85. The predicted octanol–water partition coefficient (Wildman–Crippen LogP) is 1.83. The van der Waals surface area contributed by atoms with E-state index in [1.54, 1.807) is 6.08 Å². The van der Waals surface area contributed by atoms with Crippen molar-refractivity contribution in [3.8, 4) is 0 Å². The number of allylic oxidation sites excluding steroid dienone is 3. The van der Waals surface area contributed by atoms with E-state index in [-0.39, 0.29) is 6.42 Å². The summed E-state index contributed by atoms with van der Waals surface area (Å²) >= 11 is 0. The number of hydrogen-bond acceptors (Lipinski definition) is 2. The zero-order chi connectivity index (χ0) is 10.8. The second-order valence-electron chi connectivity index (χ2n) is 2.77. The fourth-order valence-electron chi connectivity index (χ4n) is 0.851. The van der Waals surface area contributed by atoms with E-state index in [1.807, 2.05) is 6.08 Å². The molecule has 0 unspecified atom stereocenters.